The van der Waals surface area contributed by atoms with Crippen molar-refractivity contribution < 1.29 is 4.74 Å². The second kappa shape index (κ2) is 8.10. The van der Waals surface area contributed by atoms with Crippen molar-refractivity contribution in [2.75, 3.05) is 11.9 Å². The monoisotopic (exact) mass is 411 g/mol. The van der Waals surface area contributed by atoms with Crippen LogP contribution in [0, 0.1) is 13.8 Å². The minimum absolute atomic E-state index is 0.133. The average Bonchev–Trinajstić information content (AvgIpc) is 3.18. The number of nitrogens with zero attached hydrogens (tertiary/aromatic N) is 2. The first-order chi connectivity index (χ1) is 15.2. The lowest BCUT2D eigenvalue weighted by Gasteiger charge is -2.31. The van der Waals surface area contributed by atoms with Gasteiger partial charge in [0, 0.05) is 16.8 Å². The molecular weight excluding hydrogens is 382 g/mol. The number of fused-ring (bicyclic) bond motifs is 4. The van der Waals surface area contributed by atoms with E-state index >= 15 is 0 Å². The predicted octanol–water partition coefficient (Wildman–Crippen LogP) is 6.86. The maximum atomic E-state index is 6.35. The fourth-order valence-corrected chi connectivity index (χ4v) is 4.53. The predicted molar refractivity (Wildman–Crippen MR) is 128 cm³/mol. The molecule has 0 fully saturated rings. The average molecular weight is 412 g/mol. The van der Waals surface area contributed by atoms with E-state index in [9.17, 15) is 0 Å². The minimum Gasteiger partial charge on any atom is -0.493 e. The van der Waals surface area contributed by atoms with E-state index in [1.54, 1.807) is 0 Å². The summed E-state index contributed by atoms with van der Waals surface area (Å²) in [5.41, 5.74) is 6.88. The van der Waals surface area contributed by atoms with Gasteiger partial charge in [-0.25, -0.2) is 4.68 Å². The van der Waals surface area contributed by atoms with E-state index in [4.69, 9.17) is 9.84 Å². The van der Waals surface area contributed by atoms with E-state index in [1.165, 1.54) is 34.7 Å². The topological polar surface area (TPSA) is 39.1 Å². The Bertz CT molecular complexity index is 1240. The number of rotatable bonds is 6. The number of hydrogen-bond acceptors (Lipinski definition) is 3. The fourth-order valence-electron chi connectivity index (χ4n) is 4.53. The largest absolute Gasteiger partial charge is 0.493 e. The van der Waals surface area contributed by atoms with Crippen molar-refractivity contribution in [3.8, 4) is 17.0 Å². The quantitative estimate of drug-likeness (QED) is 0.352. The zero-order valence-electron chi connectivity index (χ0n) is 18.5. The molecule has 0 radical (unpaired) electrons. The van der Waals surface area contributed by atoms with Crippen LogP contribution in [-0.2, 0) is 0 Å². The molecule has 5 rings (SSSR count). The van der Waals surface area contributed by atoms with Gasteiger partial charge in [-0.15, -0.1) is 0 Å². The summed E-state index contributed by atoms with van der Waals surface area (Å²) in [6.45, 7) is 7.14. The van der Waals surface area contributed by atoms with Gasteiger partial charge in [0.15, 0.2) is 6.17 Å². The summed E-state index contributed by atoms with van der Waals surface area (Å²) in [6, 6.07) is 21.6. The zero-order chi connectivity index (χ0) is 21.4. The molecule has 3 aromatic carbocycles. The van der Waals surface area contributed by atoms with Crippen LogP contribution in [-0.4, -0.2) is 16.4 Å². The van der Waals surface area contributed by atoms with E-state index < -0.39 is 0 Å². The summed E-state index contributed by atoms with van der Waals surface area (Å²) in [4.78, 5) is 0. The van der Waals surface area contributed by atoms with Crippen LogP contribution in [0.2, 0.25) is 0 Å². The summed E-state index contributed by atoms with van der Waals surface area (Å²) < 4.78 is 8.47. The molecule has 0 spiro atoms. The Morgan fingerprint density at radius 2 is 1.87 bits per heavy atom. The second-order valence-electron chi connectivity index (χ2n) is 8.47. The van der Waals surface area contributed by atoms with Crippen LogP contribution in [0.25, 0.3) is 22.0 Å². The number of unbranched alkanes of at least 4 members (excludes halogenated alkanes) is 2. The Kier molecular flexibility index (Phi) is 5.14. The van der Waals surface area contributed by atoms with E-state index in [1.807, 2.05) is 0 Å². The zero-order valence-corrected chi connectivity index (χ0v) is 18.5. The Morgan fingerprint density at radius 3 is 2.74 bits per heavy atom. The fraction of sp³-hybridized carbons (Fsp3) is 0.296. The molecule has 1 aliphatic rings. The molecule has 0 bridgehead atoms. The molecule has 4 nitrogen and oxygen atoms in total. The van der Waals surface area contributed by atoms with Gasteiger partial charge in [-0.1, -0.05) is 61.7 Å². The Hall–Kier alpha value is -3.27. The molecule has 0 saturated heterocycles. The highest BCUT2D eigenvalue weighted by atomic mass is 16.5. The van der Waals surface area contributed by atoms with Crippen LogP contribution in [0.1, 0.15) is 49.2 Å². The van der Waals surface area contributed by atoms with Crippen molar-refractivity contribution in [1.29, 1.82) is 0 Å². The van der Waals surface area contributed by atoms with Gasteiger partial charge in [0.25, 0.3) is 0 Å². The lowest BCUT2D eigenvalue weighted by atomic mass is 9.97. The number of nitrogens with one attached hydrogen (secondary N) is 1. The van der Waals surface area contributed by atoms with E-state index in [0.717, 1.165) is 41.4 Å². The van der Waals surface area contributed by atoms with Gasteiger partial charge in [-0.2, -0.15) is 5.10 Å². The maximum absolute atomic E-state index is 6.35. The van der Waals surface area contributed by atoms with Crippen LogP contribution in [0.3, 0.4) is 0 Å². The summed E-state index contributed by atoms with van der Waals surface area (Å²) in [7, 11) is 0. The Morgan fingerprint density at radius 1 is 1.00 bits per heavy atom. The van der Waals surface area contributed by atoms with Gasteiger partial charge in [0.2, 0.25) is 0 Å². The molecule has 0 amide bonds. The third kappa shape index (κ3) is 3.56. The second-order valence-corrected chi connectivity index (χ2v) is 8.47. The third-order valence-electron chi connectivity index (χ3n) is 6.06. The van der Waals surface area contributed by atoms with Crippen molar-refractivity contribution >= 4 is 16.5 Å². The summed E-state index contributed by atoms with van der Waals surface area (Å²) in [6.07, 6.45) is 3.30. The smallest absolute Gasteiger partial charge is 0.151 e. The van der Waals surface area contributed by atoms with Gasteiger partial charge < -0.3 is 10.1 Å². The molecule has 1 N–H and O–H groups in total. The molecule has 1 atom stereocenters. The van der Waals surface area contributed by atoms with Crippen molar-refractivity contribution in [3.63, 3.8) is 0 Å². The van der Waals surface area contributed by atoms with Crippen LogP contribution in [0.4, 0.5) is 5.69 Å². The summed E-state index contributed by atoms with van der Waals surface area (Å²) in [5, 5.41) is 11.1. The van der Waals surface area contributed by atoms with E-state index in [2.05, 4.69) is 91.4 Å². The first-order valence-corrected chi connectivity index (χ1v) is 11.2. The van der Waals surface area contributed by atoms with Crippen molar-refractivity contribution in [3.05, 3.63) is 77.5 Å². The van der Waals surface area contributed by atoms with Crippen LogP contribution >= 0.6 is 0 Å². The van der Waals surface area contributed by atoms with Gasteiger partial charge in [0.05, 0.1) is 18.0 Å². The number of anilines is 1. The standard InChI is InChI=1S/C27H29N3O/c1-4-5-8-15-31-25-14-12-20-9-6-7-10-21(20)26(25)27-28-23-13-11-18(2)16-22(23)24-17-19(3)29-30(24)27/h6-7,9-14,16-17,27-28H,4-5,8,15H2,1-3H3. The summed E-state index contributed by atoms with van der Waals surface area (Å²) in [5.74, 6) is 0.932. The molecule has 0 aliphatic carbocycles. The van der Waals surface area contributed by atoms with Gasteiger partial charge >= 0.3 is 0 Å². The number of hydrogen-bond donors (Lipinski definition) is 1. The van der Waals surface area contributed by atoms with Crippen molar-refractivity contribution in [1.82, 2.24) is 9.78 Å². The minimum atomic E-state index is -0.133. The molecular formula is C27H29N3O. The maximum Gasteiger partial charge on any atom is 0.151 e. The lowest BCUT2D eigenvalue weighted by molar-refractivity contribution is 0.301. The summed E-state index contributed by atoms with van der Waals surface area (Å²) >= 11 is 0. The molecule has 31 heavy (non-hydrogen) atoms. The number of ether oxygens (including phenoxy) is 1. The normalized spacial score (nSPS) is 14.7. The number of aromatic nitrogens is 2. The molecule has 2 heterocycles. The van der Waals surface area contributed by atoms with E-state index in [0.29, 0.717) is 0 Å². The third-order valence-corrected chi connectivity index (χ3v) is 6.06. The molecule has 4 aromatic rings. The Balaban J connectivity index is 1.67. The first kappa shape index (κ1) is 19.7. The number of aryl methyl sites for hydroxylation is 2. The SMILES string of the molecule is CCCCCOc1ccc2ccccc2c1C1Nc2ccc(C)cc2-c2cc(C)nn21. The first-order valence-electron chi connectivity index (χ1n) is 11.2. The molecule has 4 heteroatoms. The Labute approximate surface area is 183 Å². The molecule has 1 aliphatic heterocycles. The van der Waals surface area contributed by atoms with Gasteiger partial charge in [0.1, 0.15) is 5.75 Å². The molecule has 0 saturated carbocycles. The molecule has 1 unspecified atom stereocenters. The van der Waals surface area contributed by atoms with Crippen molar-refractivity contribution in [2.24, 2.45) is 0 Å². The van der Waals surface area contributed by atoms with Crippen molar-refractivity contribution in [2.45, 2.75) is 46.2 Å². The highest BCUT2D eigenvalue weighted by Gasteiger charge is 2.30. The molecule has 1 aromatic heterocycles. The van der Waals surface area contributed by atoms with E-state index in [-0.39, 0.29) is 6.17 Å². The molecule has 158 valence electrons. The van der Waals surface area contributed by atoms with Crippen LogP contribution < -0.4 is 10.1 Å². The lowest BCUT2D eigenvalue weighted by Crippen LogP contribution is -2.26. The number of benzene rings is 3. The van der Waals surface area contributed by atoms with Crippen LogP contribution in [0.5, 0.6) is 5.75 Å². The van der Waals surface area contributed by atoms with Crippen LogP contribution in [0.15, 0.2) is 60.7 Å². The highest BCUT2D eigenvalue weighted by Crippen LogP contribution is 2.43. The van der Waals surface area contributed by atoms with Gasteiger partial charge in [-0.05, 0) is 55.3 Å². The van der Waals surface area contributed by atoms with Gasteiger partial charge in [-0.3, -0.25) is 0 Å². The highest BCUT2D eigenvalue weighted by molar-refractivity contribution is 5.90.